The van der Waals surface area contributed by atoms with E-state index in [0.717, 1.165) is 43.2 Å². The molecule has 2 aromatic carbocycles. The average Bonchev–Trinajstić information content (AvgIpc) is 2.76. The standard InChI is InChI=1S/C23H30N2O4/c26-22(28-18-20-12-6-4-7-13-20)24-16-10-2-1-3-11-17-25-23(27)29-19-21-14-8-5-9-15-21/h4-9,12-15H,1-3,10-11,16-19H2,(H,24,26)(H,25,27). The van der Waals surface area contributed by atoms with Crippen molar-refractivity contribution >= 4 is 12.2 Å². The predicted octanol–water partition coefficient (Wildman–Crippen LogP) is 4.79. The summed E-state index contributed by atoms with van der Waals surface area (Å²) in [6.45, 7) is 1.79. The number of hydrogen-bond acceptors (Lipinski definition) is 4. The molecular formula is C23H30N2O4. The van der Waals surface area contributed by atoms with E-state index in [9.17, 15) is 9.59 Å². The van der Waals surface area contributed by atoms with Crippen molar-refractivity contribution in [2.45, 2.75) is 45.3 Å². The molecule has 0 spiro atoms. The molecule has 0 aliphatic heterocycles. The van der Waals surface area contributed by atoms with Gasteiger partial charge in [-0.2, -0.15) is 0 Å². The molecule has 0 unspecified atom stereocenters. The van der Waals surface area contributed by atoms with Crippen molar-refractivity contribution < 1.29 is 19.1 Å². The summed E-state index contributed by atoms with van der Waals surface area (Å²) >= 11 is 0. The molecule has 0 bridgehead atoms. The first-order chi connectivity index (χ1) is 14.2. The van der Waals surface area contributed by atoms with Crippen LogP contribution in [0.3, 0.4) is 0 Å². The second-order valence-electron chi connectivity index (χ2n) is 6.74. The van der Waals surface area contributed by atoms with Crippen LogP contribution in [0.5, 0.6) is 0 Å². The average molecular weight is 399 g/mol. The summed E-state index contributed by atoms with van der Waals surface area (Å²) in [6.07, 6.45) is 4.16. The van der Waals surface area contributed by atoms with Gasteiger partial charge < -0.3 is 20.1 Å². The van der Waals surface area contributed by atoms with Crippen molar-refractivity contribution in [1.82, 2.24) is 10.6 Å². The van der Waals surface area contributed by atoms with Crippen molar-refractivity contribution in [2.24, 2.45) is 0 Å². The van der Waals surface area contributed by atoms with Gasteiger partial charge in [-0.1, -0.05) is 79.9 Å². The number of hydrogen-bond donors (Lipinski definition) is 2. The van der Waals surface area contributed by atoms with E-state index in [1.807, 2.05) is 60.7 Å². The molecular weight excluding hydrogens is 368 g/mol. The Balaban J connectivity index is 1.36. The molecule has 0 heterocycles. The number of amides is 2. The quantitative estimate of drug-likeness (QED) is 0.504. The molecule has 0 atom stereocenters. The fourth-order valence-corrected chi connectivity index (χ4v) is 2.71. The molecule has 2 N–H and O–H groups in total. The molecule has 29 heavy (non-hydrogen) atoms. The molecule has 0 aliphatic rings. The van der Waals surface area contributed by atoms with Crippen LogP contribution in [-0.2, 0) is 22.7 Å². The van der Waals surface area contributed by atoms with E-state index in [1.54, 1.807) is 0 Å². The molecule has 0 saturated carbocycles. The van der Waals surface area contributed by atoms with E-state index in [0.29, 0.717) is 13.1 Å². The SMILES string of the molecule is O=C(NCCCCCCCNC(=O)OCc1ccccc1)OCc1ccccc1. The molecule has 6 nitrogen and oxygen atoms in total. The normalized spacial score (nSPS) is 10.2. The minimum atomic E-state index is -0.382. The van der Waals surface area contributed by atoms with E-state index in [4.69, 9.17) is 9.47 Å². The highest BCUT2D eigenvalue weighted by Gasteiger charge is 2.03. The van der Waals surface area contributed by atoms with Gasteiger partial charge in [0.2, 0.25) is 0 Å². The topological polar surface area (TPSA) is 76.7 Å². The lowest BCUT2D eigenvalue weighted by molar-refractivity contribution is 0.139. The number of carbonyl (C=O) groups excluding carboxylic acids is 2. The van der Waals surface area contributed by atoms with Gasteiger partial charge >= 0.3 is 12.2 Å². The molecule has 2 amide bonds. The third-order valence-electron chi connectivity index (χ3n) is 4.32. The van der Waals surface area contributed by atoms with Crippen LogP contribution in [0.25, 0.3) is 0 Å². The molecule has 0 saturated heterocycles. The van der Waals surface area contributed by atoms with Crippen LogP contribution < -0.4 is 10.6 Å². The fourth-order valence-electron chi connectivity index (χ4n) is 2.71. The van der Waals surface area contributed by atoms with Gasteiger partial charge in [-0.15, -0.1) is 0 Å². The molecule has 156 valence electrons. The first kappa shape index (κ1) is 22.3. The number of unbranched alkanes of at least 4 members (excludes halogenated alkanes) is 4. The fraction of sp³-hybridized carbons (Fsp3) is 0.391. The highest BCUT2D eigenvalue weighted by Crippen LogP contribution is 2.04. The lowest BCUT2D eigenvalue weighted by Gasteiger charge is -2.08. The summed E-state index contributed by atoms with van der Waals surface area (Å²) in [7, 11) is 0. The van der Waals surface area contributed by atoms with E-state index in [-0.39, 0.29) is 25.4 Å². The molecule has 6 heteroatoms. The molecule has 0 aliphatic carbocycles. The lowest BCUT2D eigenvalue weighted by atomic mass is 10.1. The van der Waals surface area contributed by atoms with Crippen molar-refractivity contribution in [3.8, 4) is 0 Å². The first-order valence-corrected chi connectivity index (χ1v) is 10.1. The number of nitrogens with one attached hydrogen (secondary N) is 2. The van der Waals surface area contributed by atoms with Crippen LogP contribution in [0, 0.1) is 0 Å². The Bertz CT molecular complexity index is 646. The highest BCUT2D eigenvalue weighted by atomic mass is 16.6. The molecule has 0 aromatic heterocycles. The summed E-state index contributed by atoms with van der Waals surface area (Å²) in [6, 6.07) is 19.2. The Kier molecular flexibility index (Phi) is 10.8. The molecule has 2 rings (SSSR count). The number of ether oxygens (including phenoxy) is 2. The Morgan fingerprint density at radius 3 is 1.38 bits per heavy atom. The van der Waals surface area contributed by atoms with Crippen LogP contribution in [-0.4, -0.2) is 25.3 Å². The van der Waals surface area contributed by atoms with Crippen LogP contribution in [0.2, 0.25) is 0 Å². The van der Waals surface area contributed by atoms with Crippen LogP contribution in [0.4, 0.5) is 9.59 Å². The van der Waals surface area contributed by atoms with Crippen molar-refractivity contribution in [3.63, 3.8) is 0 Å². The maximum Gasteiger partial charge on any atom is 0.407 e. The van der Waals surface area contributed by atoms with Crippen LogP contribution in [0.15, 0.2) is 60.7 Å². The zero-order valence-corrected chi connectivity index (χ0v) is 16.8. The summed E-state index contributed by atoms with van der Waals surface area (Å²) in [5.74, 6) is 0. The van der Waals surface area contributed by atoms with E-state index in [2.05, 4.69) is 10.6 Å². The number of rotatable bonds is 12. The zero-order valence-electron chi connectivity index (χ0n) is 16.8. The highest BCUT2D eigenvalue weighted by molar-refractivity contribution is 5.67. The summed E-state index contributed by atoms with van der Waals surface area (Å²) in [4.78, 5) is 23.2. The summed E-state index contributed by atoms with van der Waals surface area (Å²) in [5.41, 5.74) is 1.94. The second kappa shape index (κ2) is 14.0. The third kappa shape index (κ3) is 10.8. The van der Waals surface area contributed by atoms with Gasteiger partial charge in [0.25, 0.3) is 0 Å². The van der Waals surface area contributed by atoms with Gasteiger partial charge in [0, 0.05) is 13.1 Å². The van der Waals surface area contributed by atoms with E-state index < -0.39 is 0 Å². The monoisotopic (exact) mass is 398 g/mol. The van der Waals surface area contributed by atoms with Crippen molar-refractivity contribution in [1.29, 1.82) is 0 Å². The maximum atomic E-state index is 11.6. The maximum absolute atomic E-state index is 11.6. The second-order valence-corrected chi connectivity index (χ2v) is 6.74. The zero-order chi connectivity index (χ0) is 20.6. The lowest BCUT2D eigenvalue weighted by Crippen LogP contribution is -2.25. The Labute approximate surface area is 172 Å². The minimum absolute atomic E-state index is 0.285. The Hall–Kier alpha value is -3.02. The van der Waals surface area contributed by atoms with Crippen molar-refractivity contribution in [3.05, 3.63) is 71.8 Å². The minimum Gasteiger partial charge on any atom is -0.445 e. The number of benzene rings is 2. The molecule has 0 radical (unpaired) electrons. The summed E-state index contributed by atoms with van der Waals surface area (Å²) in [5, 5.41) is 5.53. The predicted molar refractivity (Wildman–Crippen MR) is 112 cm³/mol. The number of alkyl carbamates (subject to hydrolysis) is 2. The van der Waals surface area contributed by atoms with Gasteiger partial charge in [0.05, 0.1) is 0 Å². The van der Waals surface area contributed by atoms with Crippen LogP contribution in [0.1, 0.15) is 43.2 Å². The van der Waals surface area contributed by atoms with Gasteiger partial charge in [0.1, 0.15) is 13.2 Å². The van der Waals surface area contributed by atoms with Gasteiger partial charge in [-0.3, -0.25) is 0 Å². The van der Waals surface area contributed by atoms with Crippen molar-refractivity contribution in [2.75, 3.05) is 13.1 Å². The van der Waals surface area contributed by atoms with Gasteiger partial charge in [-0.25, -0.2) is 9.59 Å². The Morgan fingerprint density at radius 2 is 0.966 bits per heavy atom. The third-order valence-corrected chi connectivity index (χ3v) is 4.32. The van der Waals surface area contributed by atoms with E-state index in [1.165, 1.54) is 0 Å². The van der Waals surface area contributed by atoms with Gasteiger partial charge in [0.15, 0.2) is 0 Å². The first-order valence-electron chi connectivity index (χ1n) is 10.1. The summed E-state index contributed by atoms with van der Waals surface area (Å²) < 4.78 is 10.3. The van der Waals surface area contributed by atoms with Crippen LogP contribution >= 0.6 is 0 Å². The largest absolute Gasteiger partial charge is 0.445 e. The molecule has 0 fully saturated rings. The van der Waals surface area contributed by atoms with Gasteiger partial charge in [-0.05, 0) is 24.0 Å². The molecule has 2 aromatic rings. The van der Waals surface area contributed by atoms with E-state index >= 15 is 0 Å². The number of carbonyl (C=O) groups is 2. The Morgan fingerprint density at radius 1 is 0.586 bits per heavy atom. The smallest absolute Gasteiger partial charge is 0.407 e.